The third-order valence-electron chi connectivity index (χ3n) is 2.78. The first kappa shape index (κ1) is 12.1. The fourth-order valence-electron chi connectivity index (χ4n) is 1.55. The van der Waals surface area contributed by atoms with Gasteiger partial charge in [0.1, 0.15) is 0 Å². The molecule has 3 heteroatoms. The van der Waals surface area contributed by atoms with E-state index in [0.29, 0.717) is 12.6 Å². The molecule has 17 heavy (non-hydrogen) atoms. The zero-order valence-electron chi connectivity index (χ0n) is 10.4. The van der Waals surface area contributed by atoms with Crippen molar-refractivity contribution in [2.45, 2.75) is 38.8 Å². The highest BCUT2D eigenvalue weighted by Crippen LogP contribution is 2.21. The van der Waals surface area contributed by atoms with Gasteiger partial charge in [-0.15, -0.1) is 6.58 Å². The monoisotopic (exact) mass is 232 g/mol. The summed E-state index contributed by atoms with van der Waals surface area (Å²) < 4.78 is 5.69. The van der Waals surface area contributed by atoms with Crippen LogP contribution in [0.4, 0.5) is 0 Å². The van der Waals surface area contributed by atoms with E-state index in [1.807, 2.05) is 13.0 Å². The van der Waals surface area contributed by atoms with Gasteiger partial charge in [0.15, 0.2) is 0 Å². The Hall–Kier alpha value is -1.35. The number of pyridine rings is 1. The molecule has 0 amide bonds. The van der Waals surface area contributed by atoms with Gasteiger partial charge < -0.3 is 10.1 Å². The first-order valence-electron chi connectivity index (χ1n) is 6.20. The summed E-state index contributed by atoms with van der Waals surface area (Å²) >= 11 is 0. The molecule has 0 atom stereocenters. The van der Waals surface area contributed by atoms with Gasteiger partial charge in [0, 0.05) is 30.8 Å². The van der Waals surface area contributed by atoms with E-state index < -0.39 is 0 Å². The predicted molar refractivity (Wildman–Crippen MR) is 69.0 cm³/mol. The van der Waals surface area contributed by atoms with Gasteiger partial charge in [0.2, 0.25) is 5.88 Å². The van der Waals surface area contributed by atoms with Crippen molar-refractivity contribution in [1.82, 2.24) is 10.3 Å². The highest BCUT2D eigenvalue weighted by atomic mass is 16.5. The minimum Gasteiger partial charge on any atom is -0.477 e. The quantitative estimate of drug-likeness (QED) is 0.734. The minimum atomic E-state index is 0.656. The number of rotatable bonds is 7. The average molecular weight is 232 g/mol. The van der Waals surface area contributed by atoms with E-state index >= 15 is 0 Å². The Morgan fingerprint density at radius 2 is 2.41 bits per heavy atom. The van der Waals surface area contributed by atoms with Gasteiger partial charge >= 0.3 is 0 Å². The maximum Gasteiger partial charge on any atom is 0.217 e. The summed E-state index contributed by atoms with van der Waals surface area (Å²) in [7, 11) is 0. The molecule has 0 saturated heterocycles. The smallest absolute Gasteiger partial charge is 0.217 e. The van der Waals surface area contributed by atoms with E-state index in [4.69, 9.17) is 4.74 Å². The summed E-state index contributed by atoms with van der Waals surface area (Å²) in [5.41, 5.74) is 2.28. The molecule has 1 aromatic rings. The van der Waals surface area contributed by atoms with Crippen molar-refractivity contribution in [3.63, 3.8) is 0 Å². The molecule has 0 bridgehead atoms. The zero-order chi connectivity index (χ0) is 12.1. The lowest BCUT2D eigenvalue weighted by Gasteiger charge is -2.10. The molecule has 1 aromatic heterocycles. The molecule has 1 N–H and O–H groups in total. The molecule has 0 radical (unpaired) electrons. The minimum absolute atomic E-state index is 0.656. The predicted octanol–water partition coefficient (Wildman–Crippen LogP) is 2.68. The van der Waals surface area contributed by atoms with Crippen molar-refractivity contribution in [2.24, 2.45) is 0 Å². The topological polar surface area (TPSA) is 34.1 Å². The molecule has 92 valence electrons. The first-order valence-corrected chi connectivity index (χ1v) is 6.20. The number of hydrogen-bond donors (Lipinski definition) is 1. The molecular weight excluding hydrogens is 212 g/mol. The maximum atomic E-state index is 5.69. The summed E-state index contributed by atoms with van der Waals surface area (Å²) in [4.78, 5) is 4.28. The lowest BCUT2D eigenvalue weighted by molar-refractivity contribution is 0.305. The van der Waals surface area contributed by atoms with Crippen molar-refractivity contribution in [1.29, 1.82) is 0 Å². The van der Waals surface area contributed by atoms with Crippen LogP contribution in [-0.2, 0) is 6.54 Å². The van der Waals surface area contributed by atoms with Gasteiger partial charge in [0.25, 0.3) is 0 Å². The standard InChI is InChI=1S/C14H20N2O/c1-11(2)7-9-17-14-12(4-3-8-15-14)10-16-13-5-6-13/h3-4,8,13,16H,1,5-7,9-10H2,2H3. The molecule has 1 aliphatic carbocycles. The van der Waals surface area contributed by atoms with Gasteiger partial charge in [-0.3, -0.25) is 0 Å². The summed E-state index contributed by atoms with van der Waals surface area (Å²) in [5.74, 6) is 0.752. The van der Waals surface area contributed by atoms with E-state index in [1.54, 1.807) is 6.20 Å². The molecule has 1 saturated carbocycles. The molecule has 0 unspecified atom stereocenters. The van der Waals surface area contributed by atoms with Crippen LogP contribution in [-0.4, -0.2) is 17.6 Å². The fourth-order valence-corrected chi connectivity index (χ4v) is 1.55. The van der Waals surface area contributed by atoms with Gasteiger partial charge in [-0.05, 0) is 25.8 Å². The Labute approximate surface area is 103 Å². The lowest BCUT2D eigenvalue weighted by Crippen LogP contribution is -2.16. The van der Waals surface area contributed by atoms with Crippen molar-refractivity contribution in [3.05, 3.63) is 36.0 Å². The SMILES string of the molecule is C=C(C)CCOc1ncccc1CNC1CC1. The van der Waals surface area contributed by atoms with E-state index in [-0.39, 0.29) is 0 Å². The molecule has 3 nitrogen and oxygen atoms in total. The highest BCUT2D eigenvalue weighted by Gasteiger charge is 2.20. The second kappa shape index (κ2) is 5.82. The van der Waals surface area contributed by atoms with Crippen molar-refractivity contribution >= 4 is 0 Å². The van der Waals surface area contributed by atoms with Crippen LogP contribution in [0.2, 0.25) is 0 Å². The molecule has 1 heterocycles. The van der Waals surface area contributed by atoms with Crippen molar-refractivity contribution in [3.8, 4) is 5.88 Å². The van der Waals surface area contributed by atoms with Gasteiger partial charge in [-0.25, -0.2) is 4.98 Å². The average Bonchev–Trinajstić information content (AvgIpc) is 3.11. The molecule has 0 aromatic carbocycles. The first-order chi connectivity index (χ1) is 8.25. The fraction of sp³-hybridized carbons (Fsp3) is 0.500. The molecule has 2 rings (SSSR count). The Bertz CT molecular complexity index is 386. The number of aromatic nitrogens is 1. The normalized spacial score (nSPS) is 14.6. The summed E-state index contributed by atoms with van der Waals surface area (Å²) in [6.45, 7) is 7.38. The van der Waals surface area contributed by atoms with E-state index in [1.165, 1.54) is 12.8 Å². The third-order valence-corrected chi connectivity index (χ3v) is 2.78. The second-order valence-corrected chi connectivity index (χ2v) is 4.68. The molecule has 1 aliphatic rings. The number of ether oxygens (including phenoxy) is 1. The summed E-state index contributed by atoms with van der Waals surface area (Å²) in [5, 5.41) is 3.47. The summed E-state index contributed by atoms with van der Waals surface area (Å²) in [6.07, 6.45) is 5.25. The molecule has 1 fully saturated rings. The Kier molecular flexibility index (Phi) is 4.15. The van der Waals surface area contributed by atoms with Crippen LogP contribution >= 0.6 is 0 Å². The lowest BCUT2D eigenvalue weighted by atomic mass is 10.2. The maximum absolute atomic E-state index is 5.69. The van der Waals surface area contributed by atoms with E-state index in [0.717, 1.165) is 30.0 Å². The zero-order valence-corrected chi connectivity index (χ0v) is 10.4. The Morgan fingerprint density at radius 1 is 1.59 bits per heavy atom. The number of nitrogens with zero attached hydrogens (tertiary/aromatic N) is 1. The van der Waals surface area contributed by atoms with Crippen LogP contribution < -0.4 is 10.1 Å². The number of hydrogen-bond acceptors (Lipinski definition) is 3. The second-order valence-electron chi connectivity index (χ2n) is 4.68. The van der Waals surface area contributed by atoms with Crippen molar-refractivity contribution in [2.75, 3.05) is 6.61 Å². The van der Waals surface area contributed by atoms with Crippen LogP contribution in [0.25, 0.3) is 0 Å². The van der Waals surface area contributed by atoms with Crippen LogP contribution in [0.1, 0.15) is 31.7 Å². The third kappa shape index (κ3) is 4.19. The van der Waals surface area contributed by atoms with Crippen LogP contribution in [0.5, 0.6) is 5.88 Å². The Morgan fingerprint density at radius 3 is 3.12 bits per heavy atom. The molecule has 0 aliphatic heterocycles. The van der Waals surface area contributed by atoms with Crippen LogP contribution in [0.3, 0.4) is 0 Å². The van der Waals surface area contributed by atoms with E-state index in [2.05, 4.69) is 22.9 Å². The van der Waals surface area contributed by atoms with Crippen molar-refractivity contribution < 1.29 is 4.74 Å². The van der Waals surface area contributed by atoms with Crippen LogP contribution in [0, 0.1) is 0 Å². The Balaban J connectivity index is 1.87. The van der Waals surface area contributed by atoms with Crippen LogP contribution in [0.15, 0.2) is 30.5 Å². The largest absolute Gasteiger partial charge is 0.477 e. The van der Waals surface area contributed by atoms with Gasteiger partial charge in [0.05, 0.1) is 6.61 Å². The van der Waals surface area contributed by atoms with Gasteiger partial charge in [-0.2, -0.15) is 0 Å². The number of nitrogens with one attached hydrogen (secondary N) is 1. The van der Waals surface area contributed by atoms with E-state index in [9.17, 15) is 0 Å². The summed E-state index contributed by atoms with van der Waals surface area (Å²) in [6, 6.07) is 4.73. The van der Waals surface area contributed by atoms with Gasteiger partial charge in [-0.1, -0.05) is 11.6 Å². The molecule has 0 spiro atoms. The molecular formula is C14H20N2O. The highest BCUT2D eigenvalue weighted by molar-refractivity contribution is 5.25.